The molecule has 0 aliphatic carbocycles. The molecule has 0 aliphatic rings. The molecule has 2 N–H and O–H groups in total. The minimum absolute atomic E-state index is 0.273. The molecule has 2 aromatic carbocycles. The highest BCUT2D eigenvalue weighted by Gasteiger charge is 2.06. The van der Waals surface area contributed by atoms with Gasteiger partial charge in [-0.2, -0.15) is 0 Å². The minimum atomic E-state index is 0.273. The summed E-state index contributed by atoms with van der Waals surface area (Å²) in [5.41, 5.74) is 10.0. The van der Waals surface area contributed by atoms with E-state index in [4.69, 9.17) is 5.73 Å². The predicted molar refractivity (Wildman–Crippen MR) is 88.4 cm³/mol. The molecule has 110 valence electrons. The highest BCUT2D eigenvalue weighted by molar-refractivity contribution is 5.81. The quantitative estimate of drug-likeness (QED) is 0.809. The van der Waals surface area contributed by atoms with Crippen molar-refractivity contribution in [2.75, 3.05) is 5.73 Å². The van der Waals surface area contributed by atoms with Crippen molar-refractivity contribution >= 4 is 11.5 Å². The number of hydrogen-bond donors (Lipinski definition) is 1. The molecule has 0 aliphatic heterocycles. The van der Waals surface area contributed by atoms with Gasteiger partial charge in [-0.3, -0.25) is 4.79 Å². The van der Waals surface area contributed by atoms with Gasteiger partial charge in [0.25, 0.3) is 0 Å². The van der Waals surface area contributed by atoms with Crippen LogP contribution in [0.5, 0.6) is 0 Å². The van der Waals surface area contributed by atoms with Gasteiger partial charge in [0, 0.05) is 18.5 Å². The van der Waals surface area contributed by atoms with Crippen LogP contribution in [0.25, 0.3) is 0 Å². The van der Waals surface area contributed by atoms with Crippen molar-refractivity contribution in [1.29, 1.82) is 0 Å². The Labute approximate surface area is 127 Å². The fourth-order valence-electron chi connectivity index (χ4n) is 2.37. The van der Waals surface area contributed by atoms with Gasteiger partial charge >= 0.3 is 0 Å². The molecule has 0 heterocycles. The summed E-state index contributed by atoms with van der Waals surface area (Å²) in [5.74, 6) is 0.799. The van der Waals surface area contributed by atoms with Crippen molar-refractivity contribution in [3.63, 3.8) is 0 Å². The second-order valence-corrected chi connectivity index (χ2v) is 5.86. The van der Waals surface area contributed by atoms with E-state index in [0.29, 0.717) is 18.8 Å². The second-order valence-electron chi connectivity index (χ2n) is 5.86. The Balaban J connectivity index is 1.87. The van der Waals surface area contributed by atoms with Crippen LogP contribution < -0.4 is 5.73 Å². The number of hydrogen-bond acceptors (Lipinski definition) is 2. The average molecular weight is 281 g/mol. The molecule has 0 amide bonds. The Kier molecular flexibility index (Phi) is 5.15. The zero-order chi connectivity index (χ0) is 15.2. The lowest BCUT2D eigenvalue weighted by atomic mass is 9.98. The smallest absolute Gasteiger partial charge is 0.137 e. The predicted octanol–water partition coefficient (Wildman–Crippen LogP) is 4.14. The molecule has 2 nitrogen and oxygen atoms in total. The van der Waals surface area contributed by atoms with E-state index in [9.17, 15) is 4.79 Å². The van der Waals surface area contributed by atoms with E-state index in [1.54, 1.807) is 0 Å². The first-order chi connectivity index (χ1) is 10.0. The SMILES string of the molecule is CC(C)c1ccc(CC(=O)CCc2cccc(N)c2)cc1. The summed E-state index contributed by atoms with van der Waals surface area (Å²) < 4.78 is 0. The molecule has 0 saturated carbocycles. The Morgan fingerprint density at radius 1 is 1.05 bits per heavy atom. The number of nitrogens with two attached hydrogens (primary N) is 1. The molecule has 0 bridgehead atoms. The first-order valence-electron chi connectivity index (χ1n) is 7.49. The summed E-state index contributed by atoms with van der Waals surface area (Å²) in [4.78, 5) is 12.1. The minimum Gasteiger partial charge on any atom is -0.399 e. The largest absolute Gasteiger partial charge is 0.399 e. The summed E-state index contributed by atoms with van der Waals surface area (Å²) in [5, 5.41) is 0. The molecule has 0 unspecified atom stereocenters. The Morgan fingerprint density at radius 3 is 2.38 bits per heavy atom. The third-order valence-corrected chi connectivity index (χ3v) is 3.69. The topological polar surface area (TPSA) is 43.1 Å². The molecule has 21 heavy (non-hydrogen) atoms. The molecule has 0 atom stereocenters. The van der Waals surface area contributed by atoms with E-state index >= 15 is 0 Å². The number of anilines is 1. The van der Waals surface area contributed by atoms with Crippen LogP contribution in [0.2, 0.25) is 0 Å². The van der Waals surface area contributed by atoms with Crippen LogP contribution >= 0.6 is 0 Å². The summed E-state index contributed by atoms with van der Waals surface area (Å²) >= 11 is 0. The number of ketones is 1. The lowest BCUT2D eigenvalue weighted by Gasteiger charge is -2.07. The van der Waals surface area contributed by atoms with Crippen LogP contribution in [0, 0.1) is 0 Å². The van der Waals surface area contributed by atoms with Crippen molar-refractivity contribution in [2.45, 2.75) is 39.0 Å². The number of carbonyl (C=O) groups excluding carboxylic acids is 1. The van der Waals surface area contributed by atoms with Crippen molar-refractivity contribution < 1.29 is 4.79 Å². The Morgan fingerprint density at radius 2 is 1.76 bits per heavy atom. The van der Waals surface area contributed by atoms with Gasteiger partial charge in [0.15, 0.2) is 0 Å². The van der Waals surface area contributed by atoms with Crippen LogP contribution in [0.15, 0.2) is 48.5 Å². The Bertz CT molecular complexity index is 599. The van der Waals surface area contributed by atoms with Gasteiger partial charge < -0.3 is 5.73 Å². The zero-order valence-electron chi connectivity index (χ0n) is 12.8. The number of Topliss-reactive ketones (excluding diaryl/α,β-unsaturated/α-hetero) is 1. The molecule has 0 spiro atoms. The van der Waals surface area contributed by atoms with Crippen molar-refractivity contribution in [1.82, 2.24) is 0 Å². The summed E-state index contributed by atoms with van der Waals surface area (Å²) in [6, 6.07) is 16.1. The van der Waals surface area contributed by atoms with Gasteiger partial charge in [-0.15, -0.1) is 0 Å². The number of carbonyl (C=O) groups is 1. The molecular weight excluding hydrogens is 258 g/mol. The van der Waals surface area contributed by atoms with E-state index in [2.05, 4.69) is 38.1 Å². The van der Waals surface area contributed by atoms with Crippen LogP contribution in [0.1, 0.15) is 42.9 Å². The van der Waals surface area contributed by atoms with Gasteiger partial charge in [0.2, 0.25) is 0 Å². The van der Waals surface area contributed by atoms with Gasteiger partial charge in [-0.1, -0.05) is 50.2 Å². The van der Waals surface area contributed by atoms with Crippen LogP contribution in [-0.2, 0) is 17.6 Å². The third-order valence-electron chi connectivity index (χ3n) is 3.69. The van der Waals surface area contributed by atoms with Crippen molar-refractivity contribution in [3.8, 4) is 0 Å². The molecule has 0 fully saturated rings. The standard InChI is InChI=1S/C19H23NO/c1-14(2)17-9-6-16(7-10-17)13-19(21)11-8-15-4-3-5-18(20)12-15/h3-7,9-10,12,14H,8,11,13,20H2,1-2H3. The lowest BCUT2D eigenvalue weighted by molar-refractivity contribution is -0.118. The molecule has 2 heteroatoms. The van der Waals surface area contributed by atoms with E-state index in [1.807, 2.05) is 24.3 Å². The van der Waals surface area contributed by atoms with Crippen LogP contribution in [-0.4, -0.2) is 5.78 Å². The highest BCUT2D eigenvalue weighted by atomic mass is 16.1. The number of nitrogen functional groups attached to an aromatic ring is 1. The van der Waals surface area contributed by atoms with Crippen LogP contribution in [0.3, 0.4) is 0 Å². The fourth-order valence-corrected chi connectivity index (χ4v) is 2.37. The molecule has 2 rings (SSSR count). The third kappa shape index (κ3) is 4.75. The lowest BCUT2D eigenvalue weighted by Crippen LogP contribution is -2.04. The summed E-state index contributed by atoms with van der Waals surface area (Å²) in [7, 11) is 0. The number of rotatable bonds is 6. The summed E-state index contributed by atoms with van der Waals surface area (Å²) in [6.45, 7) is 4.34. The maximum Gasteiger partial charge on any atom is 0.137 e. The maximum atomic E-state index is 12.1. The zero-order valence-corrected chi connectivity index (χ0v) is 12.8. The fraction of sp³-hybridized carbons (Fsp3) is 0.316. The number of aryl methyl sites for hydroxylation is 1. The van der Waals surface area contributed by atoms with Crippen LogP contribution in [0.4, 0.5) is 5.69 Å². The molecule has 0 radical (unpaired) electrons. The van der Waals surface area contributed by atoms with E-state index in [0.717, 1.165) is 23.2 Å². The first-order valence-corrected chi connectivity index (χ1v) is 7.49. The van der Waals surface area contributed by atoms with Crippen molar-refractivity contribution in [2.24, 2.45) is 0 Å². The van der Waals surface area contributed by atoms with E-state index in [-0.39, 0.29) is 5.78 Å². The Hall–Kier alpha value is -2.09. The van der Waals surface area contributed by atoms with Gasteiger partial charge in [0.1, 0.15) is 5.78 Å². The van der Waals surface area contributed by atoms with Gasteiger partial charge in [-0.05, 0) is 41.2 Å². The maximum absolute atomic E-state index is 12.1. The second kappa shape index (κ2) is 7.07. The molecule has 2 aromatic rings. The number of benzene rings is 2. The average Bonchev–Trinajstić information content (AvgIpc) is 2.46. The monoisotopic (exact) mass is 281 g/mol. The molecule has 0 aromatic heterocycles. The first kappa shape index (κ1) is 15.3. The van der Waals surface area contributed by atoms with Crippen molar-refractivity contribution in [3.05, 3.63) is 65.2 Å². The highest BCUT2D eigenvalue weighted by Crippen LogP contribution is 2.16. The molecular formula is C19H23NO. The normalized spacial score (nSPS) is 10.8. The summed E-state index contributed by atoms with van der Waals surface area (Å²) in [6.07, 6.45) is 1.84. The van der Waals surface area contributed by atoms with E-state index < -0.39 is 0 Å². The molecule has 0 saturated heterocycles. The van der Waals surface area contributed by atoms with Gasteiger partial charge in [-0.25, -0.2) is 0 Å². The van der Waals surface area contributed by atoms with Gasteiger partial charge in [0.05, 0.1) is 0 Å². The van der Waals surface area contributed by atoms with E-state index in [1.165, 1.54) is 5.56 Å².